The lowest BCUT2D eigenvalue weighted by atomic mass is 10.0. The van der Waals surface area contributed by atoms with Crippen LogP contribution in [0.15, 0.2) is 42.6 Å². The molecule has 5 rings (SSSR count). The quantitative estimate of drug-likeness (QED) is 0.470. The van der Waals surface area contributed by atoms with Crippen LogP contribution in [0.3, 0.4) is 0 Å². The van der Waals surface area contributed by atoms with E-state index in [0.717, 1.165) is 35.8 Å². The standard InChI is InChI=1S/C27H28ClFN4O4/c1-3-33-23-12-19(10-17(27(23)37-16-26(33)34)15-32-6-8-36-9-7-32)31-25-13-21(22(28)14-30-25)20-5-4-18(29)11-24(20)35-2/h4-5,10-14H,3,6-9,15-16H2,1-2H3,(H,30,31). The number of anilines is 3. The summed E-state index contributed by atoms with van der Waals surface area (Å²) in [6.07, 6.45) is 1.54. The molecule has 2 aliphatic rings. The Hall–Kier alpha value is -3.40. The van der Waals surface area contributed by atoms with Crippen LogP contribution in [0.1, 0.15) is 12.5 Å². The molecule has 194 valence electrons. The first-order valence-electron chi connectivity index (χ1n) is 12.1. The molecule has 2 aromatic carbocycles. The average Bonchev–Trinajstić information content (AvgIpc) is 2.90. The summed E-state index contributed by atoms with van der Waals surface area (Å²) in [4.78, 5) is 21.1. The Morgan fingerprint density at radius 2 is 1.97 bits per heavy atom. The zero-order chi connectivity index (χ0) is 25.9. The van der Waals surface area contributed by atoms with E-state index >= 15 is 0 Å². The number of likely N-dealkylation sites (N-methyl/N-ethyl adjacent to an activating group) is 1. The number of nitrogens with one attached hydrogen (secondary N) is 1. The van der Waals surface area contributed by atoms with Gasteiger partial charge in [-0.25, -0.2) is 9.37 Å². The molecule has 0 radical (unpaired) electrons. The number of hydrogen-bond acceptors (Lipinski definition) is 7. The van der Waals surface area contributed by atoms with Gasteiger partial charge in [-0.3, -0.25) is 9.69 Å². The minimum atomic E-state index is -0.400. The second kappa shape index (κ2) is 10.9. The van der Waals surface area contributed by atoms with Crippen molar-refractivity contribution in [2.75, 3.05) is 56.8 Å². The van der Waals surface area contributed by atoms with Gasteiger partial charge in [0.15, 0.2) is 6.61 Å². The number of ether oxygens (including phenoxy) is 3. The van der Waals surface area contributed by atoms with Crippen LogP contribution in [-0.2, 0) is 16.1 Å². The largest absolute Gasteiger partial charge is 0.496 e. The topological polar surface area (TPSA) is 76.2 Å². The summed E-state index contributed by atoms with van der Waals surface area (Å²) < 4.78 is 30.6. The zero-order valence-corrected chi connectivity index (χ0v) is 21.5. The number of methoxy groups -OCH3 is 1. The van der Waals surface area contributed by atoms with Crippen molar-refractivity contribution in [3.8, 4) is 22.6 Å². The van der Waals surface area contributed by atoms with Gasteiger partial charge in [0.2, 0.25) is 0 Å². The highest BCUT2D eigenvalue weighted by Gasteiger charge is 2.28. The molecule has 3 aromatic rings. The maximum absolute atomic E-state index is 13.8. The number of pyridine rings is 1. The summed E-state index contributed by atoms with van der Waals surface area (Å²) in [7, 11) is 1.48. The van der Waals surface area contributed by atoms with Crippen molar-refractivity contribution in [1.82, 2.24) is 9.88 Å². The lowest BCUT2D eigenvalue weighted by molar-refractivity contribution is -0.121. The van der Waals surface area contributed by atoms with Gasteiger partial charge in [-0.15, -0.1) is 0 Å². The Balaban J connectivity index is 1.52. The first-order chi connectivity index (χ1) is 18.0. The van der Waals surface area contributed by atoms with Crippen LogP contribution in [0.2, 0.25) is 5.02 Å². The van der Waals surface area contributed by atoms with Crippen LogP contribution >= 0.6 is 11.6 Å². The summed E-state index contributed by atoms with van der Waals surface area (Å²) in [5.74, 6) is 1.14. The Morgan fingerprint density at radius 3 is 2.73 bits per heavy atom. The molecule has 0 unspecified atom stereocenters. The number of nitrogens with zero attached hydrogens (tertiary/aromatic N) is 3. The molecule has 8 nitrogen and oxygen atoms in total. The van der Waals surface area contributed by atoms with Gasteiger partial charge in [0, 0.05) is 60.8 Å². The van der Waals surface area contributed by atoms with E-state index in [1.54, 1.807) is 23.2 Å². The number of benzene rings is 2. The predicted octanol–water partition coefficient (Wildman–Crippen LogP) is 4.87. The second-order valence-corrected chi connectivity index (χ2v) is 9.23. The number of amides is 1. The van der Waals surface area contributed by atoms with Crippen molar-refractivity contribution >= 4 is 34.7 Å². The molecule has 0 atom stereocenters. The van der Waals surface area contributed by atoms with Crippen LogP contribution in [-0.4, -0.2) is 62.4 Å². The minimum absolute atomic E-state index is 0.0192. The third kappa shape index (κ3) is 5.34. The molecular weight excluding hydrogens is 499 g/mol. The zero-order valence-electron chi connectivity index (χ0n) is 20.7. The van der Waals surface area contributed by atoms with Crippen LogP contribution in [0.25, 0.3) is 11.1 Å². The number of halogens is 2. The van der Waals surface area contributed by atoms with E-state index in [0.29, 0.717) is 54.0 Å². The Kier molecular flexibility index (Phi) is 7.45. The van der Waals surface area contributed by atoms with Gasteiger partial charge < -0.3 is 24.4 Å². The molecule has 0 spiro atoms. The molecule has 0 aliphatic carbocycles. The SMILES string of the molecule is CCN1C(=O)COc2c(CN3CCOCC3)cc(Nc3cc(-c4ccc(F)cc4OC)c(Cl)cn3)cc21. The van der Waals surface area contributed by atoms with E-state index in [9.17, 15) is 9.18 Å². The van der Waals surface area contributed by atoms with E-state index in [4.69, 9.17) is 25.8 Å². The molecule has 2 aliphatic heterocycles. The van der Waals surface area contributed by atoms with Crippen LogP contribution in [0.5, 0.6) is 11.5 Å². The lowest BCUT2D eigenvalue weighted by Gasteiger charge is -2.32. The highest BCUT2D eigenvalue weighted by Crippen LogP contribution is 2.41. The number of hydrogen-bond donors (Lipinski definition) is 1. The smallest absolute Gasteiger partial charge is 0.265 e. The third-order valence-electron chi connectivity index (χ3n) is 6.47. The van der Waals surface area contributed by atoms with Gasteiger partial charge in [0.25, 0.3) is 5.91 Å². The molecular formula is C27H28ClFN4O4. The van der Waals surface area contributed by atoms with Crippen molar-refractivity contribution in [1.29, 1.82) is 0 Å². The maximum Gasteiger partial charge on any atom is 0.265 e. The van der Waals surface area contributed by atoms with Crippen molar-refractivity contribution in [3.05, 3.63) is 59.0 Å². The summed E-state index contributed by atoms with van der Waals surface area (Å²) in [5.41, 5.74) is 3.75. The summed E-state index contributed by atoms with van der Waals surface area (Å²) in [6, 6.07) is 10.0. The highest BCUT2D eigenvalue weighted by atomic mass is 35.5. The second-order valence-electron chi connectivity index (χ2n) is 8.82. The minimum Gasteiger partial charge on any atom is -0.496 e. The van der Waals surface area contributed by atoms with E-state index in [2.05, 4.69) is 15.2 Å². The summed E-state index contributed by atoms with van der Waals surface area (Å²) in [5, 5.41) is 3.76. The number of fused-ring (bicyclic) bond motifs is 1. The van der Waals surface area contributed by atoms with Gasteiger partial charge in [-0.05, 0) is 37.3 Å². The fraction of sp³-hybridized carbons (Fsp3) is 0.333. The Morgan fingerprint density at radius 1 is 1.16 bits per heavy atom. The third-order valence-corrected chi connectivity index (χ3v) is 6.77. The molecule has 37 heavy (non-hydrogen) atoms. The number of rotatable bonds is 7. The lowest BCUT2D eigenvalue weighted by Crippen LogP contribution is -2.40. The molecule has 3 heterocycles. The van der Waals surface area contributed by atoms with Gasteiger partial charge in [-0.1, -0.05) is 11.6 Å². The van der Waals surface area contributed by atoms with Crippen molar-refractivity contribution in [3.63, 3.8) is 0 Å². The summed E-state index contributed by atoms with van der Waals surface area (Å²) in [6.45, 7) is 6.18. The fourth-order valence-electron chi connectivity index (χ4n) is 4.67. The molecule has 1 saturated heterocycles. The van der Waals surface area contributed by atoms with Crippen molar-refractivity contribution < 1.29 is 23.4 Å². The van der Waals surface area contributed by atoms with Crippen LogP contribution < -0.4 is 19.7 Å². The van der Waals surface area contributed by atoms with Crippen LogP contribution in [0, 0.1) is 5.82 Å². The van der Waals surface area contributed by atoms with Crippen molar-refractivity contribution in [2.45, 2.75) is 13.5 Å². The predicted molar refractivity (Wildman–Crippen MR) is 141 cm³/mol. The first kappa shape index (κ1) is 25.3. The molecule has 0 saturated carbocycles. The molecule has 1 fully saturated rings. The monoisotopic (exact) mass is 526 g/mol. The van der Waals surface area contributed by atoms with Gasteiger partial charge in [-0.2, -0.15) is 0 Å². The molecule has 1 N–H and O–H groups in total. The van der Waals surface area contributed by atoms with Gasteiger partial charge in [0.1, 0.15) is 23.1 Å². The van der Waals surface area contributed by atoms with E-state index in [1.165, 1.54) is 19.2 Å². The Labute approximate surface area is 219 Å². The van der Waals surface area contributed by atoms with E-state index in [-0.39, 0.29) is 12.5 Å². The number of carbonyl (C=O) groups is 1. The number of morpholine rings is 1. The average molecular weight is 527 g/mol. The summed E-state index contributed by atoms with van der Waals surface area (Å²) >= 11 is 6.47. The van der Waals surface area contributed by atoms with E-state index in [1.807, 2.05) is 19.1 Å². The Bertz CT molecular complexity index is 1320. The van der Waals surface area contributed by atoms with Gasteiger partial charge in [0.05, 0.1) is 31.0 Å². The molecule has 10 heteroatoms. The van der Waals surface area contributed by atoms with Crippen LogP contribution in [0.4, 0.5) is 21.6 Å². The number of aromatic nitrogens is 1. The molecule has 1 amide bonds. The van der Waals surface area contributed by atoms with Crippen molar-refractivity contribution in [2.24, 2.45) is 0 Å². The maximum atomic E-state index is 13.8. The van der Waals surface area contributed by atoms with Gasteiger partial charge >= 0.3 is 0 Å². The van der Waals surface area contributed by atoms with E-state index < -0.39 is 5.82 Å². The number of carbonyl (C=O) groups excluding carboxylic acids is 1. The normalized spacial score (nSPS) is 15.8. The fourth-order valence-corrected chi connectivity index (χ4v) is 4.88. The highest BCUT2D eigenvalue weighted by molar-refractivity contribution is 6.33. The molecule has 1 aromatic heterocycles. The molecule has 0 bridgehead atoms. The first-order valence-corrected chi connectivity index (χ1v) is 12.5.